The van der Waals surface area contributed by atoms with E-state index in [9.17, 15) is 0 Å². The molecular weight excluding hydrogens is 250 g/mol. The molecule has 0 aromatic carbocycles. The molecule has 0 saturated carbocycles. The van der Waals surface area contributed by atoms with Crippen LogP contribution >= 0.6 is 0 Å². The monoisotopic (exact) mass is 269 g/mol. The summed E-state index contributed by atoms with van der Waals surface area (Å²) in [5.41, 5.74) is 2.10. The molecule has 0 radical (unpaired) electrons. The standard InChI is InChI=1S/C15H19N5/c1-2-6-18-13(3-1)9-19-15-11-17-10-14(20-15)12-4-7-16-8-5-12/h1-3,6,10-12,16H,4-5,7-9H2,(H,19,20). The Kier molecular flexibility index (Phi) is 4.18. The van der Waals surface area contributed by atoms with Crippen molar-refractivity contribution in [1.82, 2.24) is 20.3 Å². The van der Waals surface area contributed by atoms with E-state index in [0.29, 0.717) is 12.5 Å². The highest BCUT2D eigenvalue weighted by Gasteiger charge is 2.16. The van der Waals surface area contributed by atoms with Gasteiger partial charge in [0.15, 0.2) is 0 Å². The zero-order valence-corrected chi connectivity index (χ0v) is 11.4. The molecule has 20 heavy (non-hydrogen) atoms. The van der Waals surface area contributed by atoms with Crippen molar-refractivity contribution >= 4 is 5.82 Å². The van der Waals surface area contributed by atoms with Gasteiger partial charge >= 0.3 is 0 Å². The summed E-state index contributed by atoms with van der Waals surface area (Å²) in [6, 6.07) is 5.90. The van der Waals surface area contributed by atoms with Crippen molar-refractivity contribution < 1.29 is 0 Å². The fourth-order valence-corrected chi connectivity index (χ4v) is 2.46. The minimum atomic E-state index is 0.528. The van der Waals surface area contributed by atoms with E-state index in [1.54, 1.807) is 12.4 Å². The number of nitrogens with zero attached hydrogens (tertiary/aromatic N) is 3. The van der Waals surface area contributed by atoms with Crippen LogP contribution < -0.4 is 10.6 Å². The predicted molar refractivity (Wildman–Crippen MR) is 78.4 cm³/mol. The quantitative estimate of drug-likeness (QED) is 0.888. The molecule has 5 nitrogen and oxygen atoms in total. The van der Waals surface area contributed by atoms with Crippen molar-refractivity contribution in [2.75, 3.05) is 18.4 Å². The molecule has 5 heteroatoms. The summed E-state index contributed by atoms with van der Waals surface area (Å²) >= 11 is 0. The van der Waals surface area contributed by atoms with Crippen molar-refractivity contribution in [3.05, 3.63) is 48.2 Å². The average Bonchev–Trinajstić information content (AvgIpc) is 2.55. The highest BCUT2D eigenvalue weighted by molar-refractivity contribution is 5.33. The minimum absolute atomic E-state index is 0.528. The van der Waals surface area contributed by atoms with Crippen molar-refractivity contribution in [3.63, 3.8) is 0 Å². The number of rotatable bonds is 4. The zero-order chi connectivity index (χ0) is 13.6. The molecule has 1 fully saturated rings. The Labute approximate surface area is 118 Å². The van der Waals surface area contributed by atoms with Crippen LogP contribution in [0, 0.1) is 0 Å². The van der Waals surface area contributed by atoms with Crippen LogP contribution in [0.1, 0.15) is 30.1 Å². The lowest BCUT2D eigenvalue weighted by molar-refractivity contribution is 0.452. The Morgan fingerprint density at radius 2 is 2.10 bits per heavy atom. The minimum Gasteiger partial charge on any atom is -0.363 e. The molecule has 0 amide bonds. The predicted octanol–water partition coefficient (Wildman–Crippen LogP) is 1.95. The van der Waals surface area contributed by atoms with Crippen molar-refractivity contribution in [1.29, 1.82) is 0 Å². The van der Waals surface area contributed by atoms with E-state index in [2.05, 4.69) is 25.6 Å². The summed E-state index contributed by atoms with van der Waals surface area (Å²) in [5.74, 6) is 1.35. The van der Waals surface area contributed by atoms with Gasteiger partial charge in [0.25, 0.3) is 0 Å². The fraction of sp³-hybridized carbons (Fsp3) is 0.400. The number of pyridine rings is 1. The van der Waals surface area contributed by atoms with Gasteiger partial charge in [-0.2, -0.15) is 0 Å². The van der Waals surface area contributed by atoms with Crippen molar-refractivity contribution in [3.8, 4) is 0 Å². The Bertz CT molecular complexity index is 537. The molecule has 3 heterocycles. The van der Waals surface area contributed by atoms with Gasteiger partial charge in [-0.3, -0.25) is 9.97 Å². The third kappa shape index (κ3) is 3.30. The maximum Gasteiger partial charge on any atom is 0.145 e. The molecule has 2 aromatic rings. The van der Waals surface area contributed by atoms with Gasteiger partial charge < -0.3 is 10.6 Å². The van der Waals surface area contributed by atoms with E-state index in [1.165, 1.54) is 0 Å². The number of aromatic nitrogens is 3. The lowest BCUT2D eigenvalue weighted by Gasteiger charge is -2.22. The van der Waals surface area contributed by atoms with Gasteiger partial charge in [-0.15, -0.1) is 0 Å². The van der Waals surface area contributed by atoms with Crippen LogP contribution in [-0.2, 0) is 6.54 Å². The number of anilines is 1. The highest BCUT2D eigenvalue weighted by atomic mass is 15.0. The Balaban J connectivity index is 1.65. The van der Waals surface area contributed by atoms with Gasteiger partial charge in [-0.1, -0.05) is 6.07 Å². The smallest absolute Gasteiger partial charge is 0.145 e. The van der Waals surface area contributed by atoms with Crippen molar-refractivity contribution in [2.45, 2.75) is 25.3 Å². The third-order valence-electron chi connectivity index (χ3n) is 3.59. The Morgan fingerprint density at radius 1 is 1.20 bits per heavy atom. The van der Waals surface area contributed by atoms with Gasteiger partial charge in [0.1, 0.15) is 5.82 Å². The van der Waals surface area contributed by atoms with Crippen LogP contribution in [0.15, 0.2) is 36.8 Å². The van der Waals surface area contributed by atoms with Crippen LogP contribution in [0.25, 0.3) is 0 Å². The molecule has 0 atom stereocenters. The van der Waals surface area contributed by atoms with E-state index in [4.69, 9.17) is 0 Å². The summed E-state index contributed by atoms with van der Waals surface area (Å²) < 4.78 is 0. The molecule has 1 aliphatic rings. The molecule has 0 spiro atoms. The van der Waals surface area contributed by atoms with Crippen LogP contribution in [-0.4, -0.2) is 28.0 Å². The molecule has 0 unspecified atom stereocenters. The zero-order valence-electron chi connectivity index (χ0n) is 11.4. The van der Waals surface area contributed by atoms with Gasteiger partial charge in [0.2, 0.25) is 0 Å². The van der Waals surface area contributed by atoms with Gasteiger partial charge in [-0.05, 0) is 38.1 Å². The van der Waals surface area contributed by atoms with Crippen LogP contribution in [0.2, 0.25) is 0 Å². The second-order valence-corrected chi connectivity index (χ2v) is 5.03. The molecule has 3 rings (SSSR count). The normalized spacial score (nSPS) is 16.0. The van der Waals surface area contributed by atoms with Crippen molar-refractivity contribution in [2.24, 2.45) is 0 Å². The van der Waals surface area contributed by atoms with Crippen LogP contribution in [0.5, 0.6) is 0 Å². The fourth-order valence-electron chi connectivity index (χ4n) is 2.46. The molecule has 104 valence electrons. The Hall–Kier alpha value is -2.01. The first-order valence-electron chi connectivity index (χ1n) is 7.08. The maximum absolute atomic E-state index is 4.68. The maximum atomic E-state index is 4.68. The lowest BCUT2D eigenvalue weighted by Crippen LogP contribution is -2.27. The summed E-state index contributed by atoms with van der Waals surface area (Å²) in [4.78, 5) is 13.3. The Morgan fingerprint density at radius 3 is 2.90 bits per heavy atom. The van der Waals surface area contributed by atoms with Gasteiger partial charge in [0.05, 0.1) is 24.1 Å². The van der Waals surface area contributed by atoms with E-state index in [-0.39, 0.29) is 0 Å². The largest absolute Gasteiger partial charge is 0.363 e. The molecule has 1 aliphatic heterocycles. The summed E-state index contributed by atoms with van der Waals surface area (Å²) in [6.07, 6.45) is 7.74. The second-order valence-electron chi connectivity index (χ2n) is 5.03. The van der Waals surface area contributed by atoms with Gasteiger partial charge in [0, 0.05) is 18.3 Å². The number of hydrogen-bond acceptors (Lipinski definition) is 5. The van der Waals surface area contributed by atoms with E-state index in [1.807, 2.05) is 24.4 Å². The molecule has 0 bridgehead atoms. The van der Waals surface area contributed by atoms with E-state index in [0.717, 1.165) is 43.1 Å². The summed E-state index contributed by atoms with van der Waals surface area (Å²) in [7, 11) is 0. The second kappa shape index (κ2) is 6.43. The van der Waals surface area contributed by atoms with Crippen LogP contribution in [0.3, 0.4) is 0 Å². The lowest BCUT2D eigenvalue weighted by atomic mass is 9.95. The number of piperidine rings is 1. The first-order valence-corrected chi connectivity index (χ1v) is 7.08. The number of hydrogen-bond donors (Lipinski definition) is 2. The summed E-state index contributed by atoms with van der Waals surface area (Å²) in [5, 5.41) is 6.66. The molecule has 2 N–H and O–H groups in total. The SMILES string of the molecule is c1ccc(CNc2cncc(C3CCNCC3)n2)nc1. The number of nitrogens with one attached hydrogen (secondary N) is 2. The summed E-state index contributed by atoms with van der Waals surface area (Å²) in [6.45, 7) is 2.81. The topological polar surface area (TPSA) is 62.7 Å². The highest BCUT2D eigenvalue weighted by Crippen LogP contribution is 2.23. The van der Waals surface area contributed by atoms with E-state index >= 15 is 0 Å². The molecule has 1 saturated heterocycles. The molecule has 2 aromatic heterocycles. The average molecular weight is 269 g/mol. The molecular formula is C15H19N5. The van der Waals surface area contributed by atoms with Gasteiger partial charge in [-0.25, -0.2) is 4.98 Å². The molecule has 0 aliphatic carbocycles. The third-order valence-corrected chi connectivity index (χ3v) is 3.59. The van der Waals surface area contributed by atoms with Crippen LogP contribution in [0.4, 0.5) is 5.82 Å². The first-order chi connectivity index (χ1) is 9.92. The van der Waals surface area contributed by atoms with E-state index < -0.39 is 0 Å². The first kappa shape index (κ1) is 13.0.